The van der Waals surface area contributed by atoms with Gasteiger partial charge in [-0.05, 0) is 26.2 Å². The molecule has 0 radical (unpaired) electrons. The molecular formula is C23H28F3N9O. The number of fused-ring (bicyclic) bond motifs is 1. The van der Waals surface area contributed by atoms with Gasteiger partial charge >= 0.3 is 12.2 Å². The summed E-state index contributed by atoms with van der Waals surface area (Å²) in [6.45, 7) is 3.63. The van der Waals surface area contributed by atoms with Crippen molar-refractivity contribution >= 4 is 11.8 Å². The highest BCUT2D eigenvalue weighted by Crippen LogP contribution is 2.45. The molecular weight excluding hydrogens is 475 g/mol. The highest BCUT2D eigenvalue weighted by molar-refractivity contribution is 5.74. The largest absolute Gasteiger partial charge is 0.408 e. The molecule has 5 rings (SSSR count). The Morgan fingerprint density at radius 1 is 1.31 bits per heavy atom. The van der Waals surface area contributed by atoms with Gasteiger partial charge in [-0.2, -0.15) is 23.5 Å². The number of nitrogens with one attached hydrogen (secondary N) is 2. The van der Waals surface area contributed by atoms with Gasteiger partial charge in [-0.1, -0.05) is 0 Å². The smallest absolute Gasteiger partial charge is 0.369 e. The van der Waals surface area contributed by atoms with Crippen LogP contribution >= 0.6 is 0 Å². The van der Waals surface area contributed by atoms with Crippen LogP contribution in [-0.2, 0) is 12.0 Å². The van der Waals surface area contributed by atoms with Crippen molar-refractivity contribution in [3.63, 3.8) is 0 Å². The van der Waals surface area contributed by atoms with Gasteiger partial charge in [-0.3, -0.25) is 9.58 Å². The number of amides is 2. The highest BCUT2D eigenvalue weighted by atomic mass is 19.4. The third-order valence-electron chi connectivity index (χ3n) is 7.54. The zero-order valence-corrected chi connectivity index (χ0v) is 19.9. The van der Waals surface area contributed by atoms with Gasteiger partial charge in [0.05, 0.1) is 29.9 Å². The number of hydrogen-bond donors (Lipinski definition) is 2. The molecule has 4 heterocycles. The number of halogens is 3. The van der Waals surface area contributed by atoms with Crippen LogP contribution < -0.4 is 10.6 Å². The number of piperazine rings is 1. The number of carbonyl (C=O) groups is 1. The first kappa shape index (κ1) is 24.3. The fraction of sp³-hybridized carbons (Fsp3) is 0.609. The molecule has 0 spiro atoms. The minimum atomic E-state index is -4.47. The lowest BCUT2D eigenvalue weighted by Crippen LogP contribution is -2.62. The Morgan fingerprint density at radius 2 is 2.06 bits per heavy atom. The molecule has 1 atom stereocenters. The molecule has 2 N–H and O–H groups in total. The summed E-state index contributed by atoms with van der Waals surface area (Å²) in [5.41, 5.74) is 2.41. The van der Waals surface area contributed by atoms with E-state index in [1.807, 2.05) is 16.2 Å². The number of urea groups is 1. The Kier molecular flexibility index (Phi) is 6.23. The second-order valence-electron chi connectivity index (χ2n) is 9.76. The molecule has 3 aliphatic rings. The van der Waals surface area contributed by atoms with Crippen LogP contribution in [0.3, 0.4) is 0 Å². The van der Waals surface area contributed by atoms with Crippen molar-refractivity contribution in [2.45, 2.75) is 56.4 Å². The summed E-state index contributed by atoms with van der Waals surface area (Å²) in [5, 5.41) is 19.4. The van der Waals surface area contributed by atoms with Crippen LogP contribution in [0.1, 0.15) is 31.7 Å². The normalized spacial score (nSPS) is 24.9. The first-order chi connectivity index (χ1) is 17.2. The van der Waals surface area contributed by atoms with E-state index in [9.17, 15) is 23.2 Å². The standard InChI is InChI=1S/C23H28F3N9O/c1-15(23(24,25)26)32-21(36)34-8-6-33(7-9-34)17-10-22(11-17,3-4-27)35-13-16(12-31-35)19-18-2-5-28-20(18)30-14-29-19/h12-15,17H,2-3,5-11H2,1H3,(H,32,36)(H,28,29,30)/t15-,17?,22?/m1/s1. The van der Waals surface area contributed by atoms with E-state index in [-0.39, 0.29) is 6.04 Å². The van der Waals surface area contributed by atoms with Gasteiger partial charge in [0.15, 0.2) is 0 Å². The topological polar surface area (TPSA) is 115 Å². The van der Waals surface area contributed by atoms with Crippen molar-refractivity contribution in [3.05, 3.63) is 24.3 Å². The van der Waals surface area contributed by atoms with E-state index in [2.05, 4.69) is 31.4 Å². The van der Waals surface area contributed by atoms with Crippen LogP contribution in [0.15, 0.2) is 18.7 Å². The van der Waals surface area contributed by atoms with Gasteiger partial charge in [0.25, 0.3) is 0 Å². The van der Waals surface area contributed by atoms with Crippen LogP contribution in [0.5, 0.6) is 0 Å². The number of hydrogen-bond acceptors (Lipinski definition) is 7. The van der Waals surface area contributed by atoms with Crippen LogP contribution in [0, 0.1) is 11.3 Å². The van der Waals surface area contributed by atoms with Crippen molar-refractivity contribution < 1.29 is 18.0 Å². The Balaban J connectivity index is 1.21. The van der Waals surface area contributed by atoms with Crippen molar-refractivity contribution in [3.8, 4) is 17.3 Å². The Labute approximate surface area is 206 Å². The minimum Gasteiger partial charge on any atom is -0.369 e. The molecule has 2 aromatic heterocycles. The first-order valence-corrected chi connectivity index (χ1v) is 12.1. The van der Waals surface area contributed by atoms with Gasteiger partial charge in [0, 0.05) is 56.1 Å². The molecule has 2 aliphatic heterocycles. The zero-order valence-electron chi connectivity index (χ0n) is 19.9. The van der Waals surface area contributed by atoms with E-state index >= 15 is 0 Å². The summed E-state index contributed by atoms with van der Waals surface area (Å²) in [5.74, 6) is 0.851. The maximum absolute atomic E-state index is 12.7. The maximum Gasteiger partial charge on any atom is 0.408 e. The zero-order chi connectivity index (χ0) is 25.5. The lowest BCUT2D eigenvalue weighted by Gasteiger charge is -2.52. The third-order valence-corrected chi connectivity index (χ3v) is 7.54. The van der Waals surface area contributed by atoms with Crippen LogP contribution in [0.4, 0.5) is 23.8 Å². The summed E-state index contributed by atoms with van der Waals surface area (Å²) >= 11 is 0. The van der Waals surface area contributed by atoms with Crippen LogP contribution in [0.2, 0.25) is 0 Å². The Bertz CT molecular complexity index is 1160. The molecule has 1 aliphatic carbocycles. The van der Waals surface area contributed by atoms with Crippen LogP contribution in [0.25, 0.3) is 11.3 Å². The van der Waals surface area contributed by atoms with E-state index < -0.39 is 23.8 Å². The fourth-order valence-electron chi connectivity index (χ4n) is 5.34. The Hall–Kier alpha value is -3.40. The molecule has 10 nitrogen and oxygen atoms in total. The van der Waals surface area contributed by atoms with E-state index in [1.165, 1.54) is 11.2 Å². The van der Waals surface area contributed by atoms with Gasteiger partial charge < -0.3 is 15.5 Å². The summed E-state index contributed by atoms with van der Waals surface area (Å²) in [7, 11) is 0. The minimum absolute atomic E-state index is 0.220. The first-order valence-electron chi connectivity index (χ1n) is 12.1. The number of nitriles is 1. The van der Waals surface area contributed by atoms with Crippen molar-refractivity contribution in [1.29, 1.82) is 5.26 Å². The van der Waals surface area contributed by atoms with Gasteiger partial charge in [-0.25, -0.2) is 14.8 Å². The van der Waals surface area contributed by atoms with Crippen molar-refractivity contribution in [2.75, 3.05) is 38.0 Å². The monoisotopic (exact) mass is 503 g/mol. The SMILES string of the molecule is C[C@@H](NC(=O)N1CCN(C2CC(CC#N)(n3cc(-c4ncnc5c4CCN5)cn3)C2)CC1)C(F)(F)F. The molecule has 1 saturated carbocycles. The molecule has 2 fully saturated rings. The van der Waals surface area contributed by atoms with Crippen molar-refractivity contribution in [2.24, 2.45) is 0 Å². The van der Waals surface area contributed by atoms with E-state index in [0.717, 1.165) is 55.4 Å². The average molecular weight is 504 g/mol. The van der Waals surface area contributed by atoms with Gasteiger partial charge in [-0.15, -0.1) is 0 Å². The fourth-order valence-corrected chi connectivity index (χ4v) is 5.34. The number of aromatic nitrogens is 4. The summed E-state index contributed by atoms with van der Waals surface area (Å²) < 4.78 is 40.1. The number of carbonyl (C=O) groups excluding carboxylic acids is 1. The molecule has 13 heteroatoms. The molecule has 0 bridgehead atoms. The van der Waals surface area contributed by atoms with E-state index in [1.54, 1.807) is 6.20 Å². The lowest BCUT2D eigenvalue weighted by molar-refractivity contribution is -0.149. The van der Waals surface area contributed by atoms with Gasteiger partial charge in [0.1, 0.15) is 18.2 Å². The lowest BCUT2D eigenvalue weighted by atomic mass is 9.70. The molecule has 0 unspecified atom stereocenters. The molecule has 2 amide bonds. The predicted octanol–water partition coefficient (Wildman–Crippen LogP) is 2.36. The number of nitrogens with zero attached hydrogens (tertiary/aromatic N) is 7. The third kappa shape index (κ3) is 4.45. The Morgan fingerprint density at radius 3 is 2.75 bits per heavy atom. The molecule has 1 saturated heterocycles. The predicted molar refractivity (Wildman–Crippen MR) is 124 cm³/mol. The number of anilines is 1. The average Bonchev–Trinajstić information content (AvgIpc) is 3.50. The van der Waals surface area contributed by atoms with Crippen molar-refractivity contribution in [1.82, 2.24) is 34.9 Å². The maximum atomic E-state index is 12.7. The summed E-state index contributed by atoms with van der Waals surface area (Å²) in [6.07, 6.45) is 3.46. The molecule has 36 heavy (non-hydrogen) atoms. The second kappa shape index (κ2) is 9.24. The quantitative estimate of drug-likeness (QED) is 0.644. The molecule has 0 aromatic carbocycles. The second-order valence-corrected chi connectivity index (χ2v) is 9.76. The van der Waals surface area contributed by atoms with Crippen LogP contribution in [-0.4, -0.2) is 86.6 Å². The number of rotatable bonds is 5. The summed E-state index contributed by atoms with van der Waals surface area (Å²) in [6, 6.07) is -0.0536. The summed E-state index contributed by atoms with van der Waals surface area (Å²) in [4.78, 5) is 24.6. The van der Waals surface area contributed by atoms with Gasteiger partial charge in [0.2, 0.25) is 0 Å². The van der Waals surface area contributed by atoms with E-state index in [0.29, 0.717) is 32.6 Å². The van der Waals surface area contributed by atoms with E-state index in [4.69, 9.17) is 0 Å². The number of alkyl halides is 3. The highest BCUT2D eigenvalue weighted by Gasteiger charge is 2.49. The molecule has 2 aromatic rings. The molecule has 192 valence electrons.